The van der Waals surface area contributed by atoms with E-state index in [4.69, 9.17) is 5.11 Å². The van der Waals surface area contributed by atoms with Crippen molar-refractivity contribution >= 4 is 22.0 Å². The van der Waals surface area contributed by atoms with Crippen LogP contribution in [0.2, 0.25) is 0 Å². The van der Waals surface area contributed by atoms with Crippen LogP contribution in [-0.4, -0.2) is 43.5 Å². The maximum Gasteiger partial charge on any atom is 0.407 e. The van der Waals surface area contributed by atoms with Crippen molar-refractivity contribution < 1.29 is 41.0 Å². The molecule has 0 aliphatic carbocycles. The Morgan fingerprint density at radius 3 is 2.24 bits per heavy atom. The molecule has 0 fully saturated rings. The Labute approximate surface area is 141 Å². The number of benzene rings is 1. The summed E-state index contributed by atoms with van der Waals surface area (Å²) in [4.78, 5) is 22.0. The fraction of sp³-hybridized carbons (Fsp3) is 0.429. The normalized spacial score (nSPS) is 13.3. The number of ether oxygens (including phenoxy) is 1. The van der Waals surface area contributed by atoms with Gasteiger partial charge < -0.3 is 9.84 Å². The number of aromatic carboxylic acids is 1. The molecule has 1 atom stereocenters. The van der Waals surface area contributed by atoms with E-state index in [2.05, 4.69) is 4.74 Å². The lowest BCUT2D eigenvalue weighted by atomic mass is 10.1. The molecule has 0 saturated heterocycles. The Balaban J connectivity index is 2.87. The van der Waals surface area contributed by atoms with Crippen LogP contribution >= 0.6 is 0 Å². The number of carbonyl (C=O) groups excluding carboxylic acids is 1. The quantitative estimate of drug-likeness (QED) is 0.661. The van der Waals surface area contributed by atoms with Crippen LogP contribution in [0.25, 0.3) is 0 Å². The molecule has 1 unspecified atom stereocenters. The summed E-state index contributed by atoms with van der Waals surface area (Å²) >= 11 is 0. The highest BCUT2D eigenvalue weighted by atomic mass is 32.2. The third-order valence-corrected chi connectivity index (χ3v) is 4.81. The van der Waals surface area contributed by atoms with E-state index in [1.54, 1.807) is 4.72 Å². The van der Waals surface area contributed by atoms with Crippen LogP contribution in [0.3, 0.4) is 0 Å². The van der Waals surface area contributed by atoms with E-state index in [-0.39, 0.29) is 17.7 Å². The molecule has 0 heterocycles. The zero-order chi connectivity index (χ0) is 19.3. The van der Waals surface area contributed by atoms with Crippen molar-refractivity contribution in [2.75, 3.05) is 6.61 Å². The van der Waals surface area contributed by atoms with Crippen molar-refractivity contribution in [1.29, 1.82) is 0 Å². The average Bonchev–Trinajstić information content (AvgIpc) is 2.50. The first-order valence-electron chi connectivity index (χ1n) is 7.00. The van der Waals surface area contributed by atoms with Gasteiger partial charge in [-0.3, -0.25) is 4.79 Å². The number of carboxylic acids is 1. The number of halogens is 3. The molecule has 1 rings (SSSR count). The van der Waals surface area contributed by atoms with Crippen LogP contribution in [-0.2, 0) is 26.1 Å². The van der Waals surface area contributed by atoms with Gasteiger partial charge in [0.2, 0.25) is 10.0 Å². The first-order chi connectivity index (χ1) is 11.5. The number of carboxylic acid groups (broad SMARTS) is 1. The summed E-state index contributed by atoms with van der Waals surface area (Å²) in [6.45, 7) is 0.721. The van der Waals surface area contributed by atoms with Crippen molar-refractivity contribution in [3.63, 3.8) is 0 Å². The van der Waals surface area contributed by atoms with E-state index in [1.807, 2.05) is 0 Å². The van der Waals surface area contributed by atoms with Crippen LogP contribution in [0.4, 0.5) is 13.2 Å². The number of nitrogens with one attached hydrogen (secondary N) is 1. The first kappa shape index (κ1) is 20.9. The Morgan fingerprint density at radius 2 is 1.80 bits per heavy atom. The molecule has 0 aromatic heterocycles. The van der Waals surface area contributed by atoms with E-state index in [0.717, 1.165) is 0 Å². The van der Waals surface area contributed by atoms with Crippen molar-refractivity contribution in [3.05, 3.63) is 35.4 Å². The monoisotopic (exact) mass is 383 g/mol. The zero-order valence-corrected chi connectivity index (χ0v) is 13.9. The molecule has 0 amide bonds. The third kappa shape index (κ3) is 6.35. The van der Waals surface area contributed by atoms with Gasteiger partial charge in [0.1, 0.15) is 0 Å². The van der Waals surface area contributed by atoms with E-state index < -0.39 is 46.4 Å². The molecule has 0 aliphatic heterocycles. The van der Waals surface area contributed by atoms with Crippen LogP contribution in [0, 0.1) is 0 Å². The van der Waals surface area contributed by atoms with Gasteiger partial charge in [-0.15, -0.1) is 0 Å². The molecular weight excluding hydrogens is 367 g/mol. The predicted molar refractivity (Wildman–Crippen MR) is 80.3 cm³/mol. The fourth-order valence-electron chi connectivity index (χ4n) is 1.82. The first-order valence-corrected chi connectivity index (χ1v) is 8.55. The lowest BCUT2D eigenvalue weighted by Crippen LogP contribution is -2.45. The van der Waals surface area contributed by atoms with E-state index in [1.165, 1.54) is 31.2 Å². The minimum atomic E-state index is -5.16. The Morgan fingerprint density at radius 1 is 1.24 bits per heavy atom. The summed E-state index contributed by atoms with van der Waals surface area (Å²) in [5.74, 6) is -2.47. The van der Waals surface area contributed by atoms with Crippen LogP contribution in [0.15, 0.2) is 24.3 Å². The van der Waals surface area contributed by atoms with Crippen molar-refractivity contribution in [2.45, 2.75) is 31.3 Å². The summed E-state index contributed by atoms with van der Waals surface area (Å²) in [7, 11) is -4.91. The van der Waals surface area contributed by atoms with E-state index >= 15 is 0 Å². The number of rotatable bonds is 8. The minimum Gasteiger partial charge on any atom is -0.478 e. The highest BCUT2D eigenvalue weighted by Gasteiger charge is 2.50. The molecule has 25 heavy (non-hydrogen) atoms. The smallest absolute Gasteiger partial charge is 0.407 e. The second kappa shape index (κ2) is 8.30. The molecule has 140 valence electrons. The van der Waals surface area contributed by atoms with Crippen LogP contribution in [0.5, 0.6) is 0 Å². The van der Waals surface area contributed by atoms with Crippen LogP contribution < -0.4 is 4.72 Å². The molecule has 0 aliphatic rings. The molecule has 1 aromatic rings. The third-order valence-electron chi connectivity index (χ3n) is 3.08. The van der Waals surface area contributed by atoms with Gasteiger partial charge in [0, 0.05) is 6.54 Å². The summed E-state index contributed by atoms with van der Waals surface area (Å²) in [6.07, 6.45) is -6.52. The number of carbonyl (C=O) groups is 2. The molecule has 7 nitrogen and oxygen atoms in total. The molecule has 2 N–H and O–H groups in total. The second-order valence-electron chi connectivity index (χ2n) is 4.91. The number of sulfonamides is 1. The largest absolute Gasteiger partial charge is 0.478 e. The lowest BCUT2D eigenvalue weighted by molar-refractivity contribution is -0.155. The number of hydrogen-bond donors (Lipinski definition) is 2. The highest BCUT2D eigenvalue weighted by molar-refractivity contribution is 7.90. The molecule has 0 saturated carbocycles. The molecule has 0 spiro atoms. The Hall–Kier alpha value is -2.14. The summed E-state index contributed by atoms with van der Waals surface area (Å²) in [5, 5.41) is 5.80. The summed E-state index contributed by atoms with van der Waals surface area (Å²) < 4.78 is 69.0. The highest BCUT2D eigenvalue weighted by Crippen LogP contribution is 2.28. The topological polar surface area (TPSA) is 110 Å². The van der Waals surface area contributed by atoms with Crippen LogP contribution in [0.1, 0.15) is 29.3 Å². The second-order valence-corrected chi connectivity index (χ2v) is 6.86. The molecular formula is C14H16F3NO6S. The van der Waals surface area contributed by atoms with Gasteiger partial charge in [0.15, 0.2) is 5.25 Å². The SMILES string of the molecule is CCOC(=O)CC(C(F)(F)F)S(=O)(=O)NCc1ccc(C(=O)O)cc1. The average molecular weight is 383 g/mol. The number of alkyl halides is 3. The minimum absolute atomic E-state index is 0.0536. The van der Waals surface area contributed by atoms with Crippen molar-refractivity contribution in [2.24, 2.45) is 0 Å². The van der Waals surface area contributed by atoms with E-state index in [9.17, 15) is 31.2 Å². The molecule has 1 aromatic carbocycles. The standard InChI is InChI=1S/C14H16F3NO6S/c1-2-24-12(19)7-11(14(15,16)17)25(22,23)18-8-9-3-5-10(6-4-9)13(20)21/h3-6,11,18H,2,7-8H2,1H3,(H,20,21). The van der Waals surface area contributed by atoms with Gasteiger partial charge in [0.25, 0.3) is 0 Å². The van der Waals surface area contributed by atoms with Gasteiger partial charge in [-0.25, -0.2) is 17.9 Å². The van der Waals surface area contributed by atoms with Gasteiger partial charge in [0.05, 0.1) is 18.6 Å². The van der Waals surface area contributed by atoms with E-state index in [0.29, 0.717) is 0 Å². The molecule has 11 heteroatoms. The molecule has 0 bridgehead atoms. The van der Waals surface area contributed by atoms with Crippen molar-refractivity contribution in [1.82, 2.24) is 4.72 Å². The van der Waals surface area contributed by atoms with Crippen molar-refractivity contribution in [3.8, 4) is 0 Å². The van der Waals surface area contributed by atoms with Gasteiger partial charge in [-0.1, -0.05) is 12.1 Å². The summed E-state index contributed by atoms with van der Waals surface area (Å²) in [6, 6.07) is 4.90. The molecule has 0 radical (unpaired) electrons. The number of hydrogen-bond acceptors (Lipinski definition) is 5. The zero-order valence-electron chi connectivity index (χ0n) is 13.0. The summed E-state index contributed by atoms with van der Waals surface area (Å²) in [5.41, 5.74) is 0.202. The maximum atomic E-state index is 13.0. The fourth-order valence-corrected chi connectivity index (χ4v) is 3.10. The van der Waals surface area contributed by atoms with Gasteiger partial charge in [-0.2, -0.15) is 13.2 Å². The predicted octanol–water partition coefficient (Wildman–Crippen LogP) is 1.69. The maximum absolute atomic E-state index is 13.0. The number of esters is 1. The Bertz CT molecular complexity index is 715. The van der Waals surface area contributed by atoms with Gasteiger partial charge in [-0.05, 0) is 24.6 Å². The lowest BCUT2D eigenvalue weighted by Gasteiger charge is -2.20. The van der Waals surface area contributed by atoms with Gasteiger partial charge >= 0.3 is 18.1 Å². The Kier molecular flexibility index (Phi) is 6.94.